The Balaban J connectivity index is 1.76. The van der Waals surface area contributed by atoms with Crippen LogP contribution in [-0.4, -0.2) is 38.9 Å². The SMILES string of the molecule is COC(=O)COc1ccc(C2c3c(c4ccccc4oc3=O)OC2C(=O)OC)cc1. The lowest BCUT2D eigenvalue weighted by molar-refractivity contribution is -0.148. The van der Waals surface area contributed by atoms with E-state index in [-0.39, 0.29) is 12.2 Å². The number of esters is 2. The summed E-state index contributed by atoms with van der Waals surface area (Å²) in [5, 5.41) is 0.599. The number of fused-ring (bicyclic) bond motifs is 3. The number of hydrogen-bond donors (Lipinski definition) is 0. The van der Waals surface area contributed by atoms with Gasteiger partial charge >= 0.3 is 17.6 Å². The number of carbonyl (C=O) groups is 2. The summed E-state index contributed by atoms with van der Waals surface area (Å²) in [4.78, 5) is 36.4. The van der Waals surface area contributed by atoms with Crippen LogP contribution in [0, 0.1) is 0 Å². The van der Waals surface area contributed by atoms with Crippen LogP contribution in [-0.2, 0) is 19.1 Å². The van der Waals surface area contributed by atoms with E-state index in [2.05, 4.69) is 4.74 Å². The minimum Gasteiger partial charge on any atom is -0.482 e. The van der Waals surface area contributed by atoms with Gasteiger partial charge in [0, 0.05) is 0 Å². The number of benzene rings is 2. The molecule has 0 spiro atoms. The highest BCUT2D eigenvalue weighted by atomic mass is 16.6. The standard InChI is InChI=1S/C22H18O8/c1-26-16(23)11-28-13-9-7-12(8-10-13)17-18-19(30-20(17)22(25)27-2)14-5-3-4-6-15(14)29-21(18)24/h3-10,17,20H,11H2,1-2H3. The number of para-hydroxylation sites is 1. The second kappa shape index (κ2) is 7.90. The molecule has 0 saturated carbocycles. The summed E-state index contributed by atoms with van der Waals surface area (Å²) < 4.78 is 26.2. The number of hydrogen-bond acceptors (Lipinski definition) is 8. The summed E-state index contributed by atoms with van der Waals surface area (Å²) in [6.07, 6.45) is -1.04. The van der Waals surface area contributed by atoms with Gasteiger partial charge in [0.2, 0.25) is 6.10 Å². The highest BCUT2D eigenvalue weighted by molar-refractivity contribution is 5.88. The Labute approximate surface area is 170 Å². The van der Waals surface area contributed by atoms with Crippen molar-refractivity contribution in [1.82, 2.24) is 0 Å². The first-order chi connectivity index (χ1) is 14.5. The first-order valence-corrected chi connectivity index (χ1v) is 9.13. The fourth-order valence-electron chi connectivity index (χ4n) is 3.49. The largest absolute Gasteiger partial charge is 0.482 e. The van der Waals surface area contributed by atoms with Crippen molar-refractivity contribution in [3.63, 3.8) is 0 Å². The van der Waals surface area contributed by atoms with Crippen LogP contribution >= 0.6 is 0 Å². The number of rotatable bonds is 5. The Morgan fingerprint density at radius 2 is 1.73 bits per heavy atom. The molecular weight excluding hydrogens is 392 g/mol. The molecule has 2 aromatic carbocycles. The molecule has 1 aromatic heterocycles. The van der Waals surface area contributed by atoms with E-state index in [1.807, 2.05) is 0 Å². The number of methoxy groups -OCH3 is 2. The first kappa shape index (κ1) is 19.5. The monoisotopic (exact) mass is 410 g/mol. The van der Waals surface area contributed by atoms with Crippen molar-refractivity contribution in [2.45, 2.75) is 12.0 Å². The Hall–Kier alpha value is -3.81. The normalized spacial score (nSPS) is 17.1. The summed E-state index contributed by atoms with van der Waals surface area (Å²) >= 11 is 0. The predicted octanol–water partition coefficient (Wildman–Crippen LogP) is 2.41. The van der Waals surface area contributed by atoms with Crippen LogP contribution in [0.3, 0.4) is 0 Å². The van der Waals surface area contributed by atoms with E-state index in [0.29, 0.717) is 28.0 Å². The summed E-state index contributed by atoms with van der Waals surface area (Å²) in [5.74, 6) is -1.09. The molecule has 8 heteroatoms. The Morgan fingerprint density at radius 1 is 1.00 bits per heavy atom. The van der Waals surface area contributed by atoms with Crippen molar-refractivity contribution in [2.24, 2.45) is 0 Å². The second-order valence-corrected chi connectivity index (χ2v) is 6.60. The molecule has 0 radical (unpaired) electrons. The van der Waals surface area contributed by atoms with Crippen molar-refractivity contribution in [3.05, 3.63) is 70.1 Å². The van der Waals surface area contributed by atoms with E-state index in [9.17, 15) is 14.4 Å². The second-order valence-electron chi connectivity index (χ2n) is 6.60. The number of carbonyl (C=O) groups excluding carboxylic acids is 2. The molecule has 2 unspecified atom stereocenters. The van der Waals surface area contributed by atoms with Crippen molar-refractivity contribution in [1.29, 1.82) is 0 Å². The fourth-order valence-corrected chi connectivity index (χ4v) is 3.49. The first-order valence-electron chi connectivity index (χ1n) is 9.13. The van der Waals surface area contributed by atoms with Crippen LogP contribution in [0.4, 0.5) is 0 Å². The summed E-state index contributed by atoms with van der Waals surface area (Å²) in [5.41, 5.74) is 0.688. The van der Waals surface area contributed by atoms with Crippen LogP contribution in [0.1, 0.15) is 17.0 Å². The van der Waals surface area contributed by atoms with E-state index in [4.69, 9.17) is 18.6 Å². The van der Waals surface area contributed by atoms with Crippen molar-refractivity contribution in [3.8, 4) is 11.5 Å². The molecule has 8 nitrogen and oxygen atoms in total. The minimum absolute atomic E-state index is 0.231. The molecule has 0 saturated heterocycles. The lowest BCUT2D eigenvalue weighted by Gasteiger charge is -2.17. The Bertz CT molecular complexity index is 1160. The van der Waals surface area contributed by atoms with E-state index < -0.39 is 29.6 Å². The molecule has 0 aliphatic carbocycles. The van der Waals surface area contributed by atoms with E-state index in [1.165, 1.54) is 14.2 Å². The molecule has 0 amide bonds. The van der Waals surface area contributed by atoms with Crippen LogP contribution < -0.4 is 15.1 Å². The van der Waals surface area contributed by atoms with Gasteiger partial charge in [-0.05, 0) is 29.8 Å². The van der Waals surface area contributed by atoms with Gasteiger partial charge in [-0.3, -0.25) is 0 Å². The molecule has 0 fully saturated rings. The Morgan fingerprint density at radius 3 is 2.43 bits per heavy atom. The summed E-state index contributed by atoms with van der Waals surface area (Å²) in [6, 6.07) is 13.6. The molecule has 0 bridgehead atoms. The topological polar surface area (TPSA) is 101 Å². The highest BCUT2D eigenvalue weighted by Crippen LogP contribution is 2.44. The van der Waals surface area contributed by atoms with Gasteiger partial charge in [-0.15, -0.1) is 0 Å². The van der Waals surface area contributed by atoms with Gasteiger partial charge in [0.05, 0.1) is 31.1 Å². The maximum Gasteiger partial charge on any atom is 0.348 e. The van der Waals surface area contributed by atoms with Gasteiger partial charge in [0.15, 0.2) is 6.61 Å². The third-order valence-corrected chi connectivity index (χ3v) is 4.91. The fraction of sp³-hybridized carbons (Fsp3) is 0.227. The highest BCUT2D eigenvalue weighted by Gasteiger charge is 2.44. The molecule has 154 valence electrons. The number of ether oxygens (including phenoxy) is 4. The van der Waals surface area contributed by atoms with Crippen LogP contribution in [0.15, 0.2) is 57.7 Å². The third-order valence-electron chi connectivity index (χ3n) is 4.91. The van der Waals surface area contributed by atoms with Crippen LogP contribution in [0.5, 0.6) is 11.5 Å². The van der Waals surface area contributed by atoms with Crippen molar-refractivity contribution in [2.75, 3.05) is 20.8 Å². The summed E-state index contributed by atoms with van der Waals surface area (Å²) in [7, 11) is 2.53. The molecule has 0 N–H and O–H groups in total. The predicted molar refractivity (Wildman–Crippen MR) is 105 cm³/mol. The zero-order valence-corrected chi connectivity index (χ0v) is 16.2. The van der Waals surface area contributed by atoms with Gasteiger partial charge < -0.3 is 23.4 Å². The maximum absolute atomic E-state index is 12.8. The third kappa shape index (κ3) is 3.36. The lowest BCUT2D eigenvalue weighted by Crippen LogP contribution is -2.31. The van der Waals surface area contributed by atoms with Crippen molar-refractivity contribution < 1.29 is 33.0 Å². The molecule has 2 atom stereocenters. The van der Waals surface area contributed by atoms with E-state index in [1.54, 1.807) is 48.5 Å². The van der Waals surface area contributed by atoms with Gasteiger partial charge in [0.1, 0.15) is 17.1 Å². The van der Waals surface area contributed by atoms with Crippen LogP contribution in [0.25, 0.3) is 11.0 Å². The van der Waals surface area contributed by atoms with Gasteiger partial charge in [-0.1, -0.05) is 24.3 Å². The molecule has 2 heterocycles. The van der Waals surface area contributed by atoms with Crippen molar-refractivity contribution >= 4 is 22.9 Å². The smallest absolute Gasteiger partial charge is 0.348 e. The molecule has 1 aliphatic heterocycles. The molecule has 1 aliphatic rings. The summed E-state index contributed by atoms with van der Waals surface area (Å²) in [6.45, 7) is -0.231. The van der Waals surface area contributed by atoms with Crippen LogP contribution in [0.2, 0.25) is 0 Å². The average Bonchev–Trinajstić information content (AvgIpc) is 3.19. The molecular formula is C22H18O8. The molecule has 3 aromatic rings. The molecule has 30 heavy (non-hydrogen) atoms. The molecule has 4 rings (SSSR count). The quantitative estimate of drug-likeness (QED) is 0.467. The maximum atomic E-state index is 12.8. The Kier molecular flexibility index (Phi) is 5.14. The average molecular weight is 410 g/mol. The van der Waals surface area contributed by atoms with E-state index in [0.717, 1.165) is 0 Å². The van der Waals surface area contributed by atoms with E-state index >= 15 is 0 Å². The zero-order chi connectivity index (χ0) is 21.3. The van der Waals surface area contributed by atoms with Gasteiger partial charge in [-0.25, -0.2) is 14.4 Å². The minimum atomic E-state index is -1.04. The van der Waals surface area contributed by atoms with Gasteiger partial charge in [0.25, 0.3) is 0 Å². The zero-order valence-electron chi connectivity index (χ0n) is 16.2. The van der Waals surface area contributed by atoms with Gasteiger partial charge in [-0.2, -0.15) is 0 Å². The lowest BCUT2D eigenvalue weighted by atomic mass is 9.88.